The van der Waals surface area contributed by atoms with Gasteiger partial charge in [-0.25, -0.2) is 0 Å². The number of benzene rings is 3. The van der Waals surface area contributed by atoms with Gasteiger partial charge >= 0.3 is 0 Å². The van der Waals surface area contributed by atoms with Crippen LogP contribution in [0.25, 0.3) is 0 Å². The molecular formula is C27H25Br2NO3. The molecule has 0 saturated carbocycles. The van der Waals surface area contributed by atoms with E-state index in [1.54, 1.807) is 29.2 Å². The maximum absolute atomic E-state index is 13.5. The Morgan fingerprint density at radius 1 is 0.939 bits per heavy atom. The minimum Gasteiger partial charge on any atom is -0.375 e. The second-order valence-electron chi connectivity index (χ2n) is 9.47. The number of fused-ring (bicyclic) bond motifs is 1. The topological polar surface area (TPSA) is 57.6 Å². The smallest absolute Gasteiger partial charge is 0.264 e. The van der Waals surface area contributed by atoms with Crippen LogP contribution in [0.5, 0.6) is 0 Å². The third-order valence-corrected chi connectivity index (χ3v) is 7.06. The zero-order valence-electron chi connectivity index (χ0n) is 18.7. The van der Waals surface area contributed by atoms with Crippen molar-refractivity contribution >= 4 is 49.2 Å². The lowest BCUT2D eigenvalue weighted by Crippen LogP contribution is -2.41. The van der Waals surface area contributed by atoms with Gasteiger partial charge in [-0.1, -0.05) is 89.0 Å². The first-order valence-corrected chi connectivity index (χ1v) is 12.3. The normalized spacial score (nSPS) is 17.9. The third kappa shape index (κ3) is 4.70. The maximum atomic E-state index is 13.5. The standard InChI is InChI=1S/C27H25Br2NO3/c1-26(2,3)19-8-6-18(7-9-19)24(31)15-27(33)22-14-21(29)12-13-23(22)30(25(27)32)16-17-4-10-20(28)11-5-17/h4-14,33H,15-16H2,1-3H3. The maximum Gasteiger partial charge on any atom is 0.264 e. The van der Waals surface area contributed by atoms with Gasteiger partial charge in [0.2, 0.25) is 0 Å². The zero-order valence-corrected chi connectivity index (χ0v) is 21.9. The number of rotatable bonds is 5. The van der Waals surface area contributed by atoms with Gasteiger partial charge in [0.05, 0.1) is 18.7 Å². The minimum atomic E-state index is -1.92. The Kier molecular flexibility index (Phi) is 6.38. The summed E-state index contributed by atoms with van der Waals surface area (Å²) in [7, 11) is 0. The Morgan fingerprint density at radius 3 is 2.15 bits per heavy atom. The van der Waals surface area contributed by atoms with E-state index in [1.807, 2.05) is 42.5 Å². The van der Waals surface area contributed by atoms with Gasteiger partial charge in [-0.05, 0) is 46.9 Å². The van der Waals surface area contributed by atoms with Crippen LogP contribution < -0.4 is 4.90 Å². The second kappa shape index (κ2) is 8.82. The Morgan fingerprint density at radius 2 is 1.55 bits per heavy atom. The van der Waals surface area contributed by atoms with Crippen LogP contribution >= 0.6 is 31.9 Å². The fourth-order valence-corrected chi connectivity index (χ4v) is 4.74. The van der Waals surface area contributed by atoms with Gasteiger partial charge in [-0.2, -0.15) is 0 Å². The van der Waals surface area contributed by atoms with Crippen molar-refractivity contribution in [1.82, 2.24) is 0 Å². The summed E-state index contributed by atoms with van der Waals surface area (Å²) in [6.07, 6.45) is -0.318. The largest absolute Gasteiger partial charge is 0.375 e. The monoisotopic (exact) mass is 569 g/mol. The molecule has 1 unspecified atom stereocenters. The van der Waals surface area contributed by atoms with E-state index in [2.05, 4.69) is 52.6 Å². The number of Topliss-reactive ketones (excluding diaryl/α,β-unsaturated/α-hetero) is 1. The van der Waals surface area contributed by atoms with E-state index >= 15 is 0 Å². The molecule has 0 spiro atoms. The molecule has 4 nitrogen and oxygen atoms in total. The molecule has 0 radical (unpaired) electrons. The number of nitrogens with zero attached hydrogens (tertiary/aromatic N) is 1. The van der Waals surface area contributed by atoms with Crippen LogP contribution in [-0.2, 0) is 22.4 Å². The van der Waals surface area contributed by atoms with Crippen molar-refractivity contribution in [3.63, 3.8) is 0 Å². The Labute approximate surface area is 210 Å². The summed E-state index contributed by atoms with van der Waals surface area (Å²) in [5, 5.41) is 11.6. The predicted molar refractivity (Wildman–Crippen MR) is 137 cm³/mol. The molecule has 0 bridgehead atoms. The summed E-state index contributed by atoms with van der Waals surface area (Å²) in [6.45, 7) is 6.63. The summed E-state index contributed by atoms with van der Waals surface area (Å²) in [5.74, 6) is -0.763. The van der Waals surface area contributed by atoms with Crippen molar-refractivity contribution in [3.8, 4) is 0 Å². The molecule has 3 aromatic carbocycles. The summed E-state index contributed by atoms with van der Waals surface area (Å²) < 4.78 is 1.68. The van der Waals surface area contributed by atoms with E-state index in [1.165, 1.54) is 0 Å². The van der Waals surface area contributed by atoms with Gasteiger partial charge in [0.25, 0.3) is 5.91 Å². The van der Waals surface area contributed by atoms with E-state index in [0.717, 1.165) is 20.1 Å². The predicted octanol–water partition coefficient (Wildman–Crippen LogP) is 6.52. The molecule has 6 heteroatoms. The first-order valence-electron chi connectivity index (χ1n) is 10.7. The molecule has 1 heterocycles. The minimum absolute atomic E-state index is 0.0278. The van der Waals surface area contributed by atoms with Crippen molar-refractivity contribution < 1.29 is 14.7 Å². The average molecular weight is 571 g/mol. The number of carbonyl (C=O) groups excluding carboxylic acids is 2. The molecule has 1 atom stereocenters. The quantitative estimate of drug-likeness (QED) is 0.355. The third-order valence-electron chi connectivity index (χ3n) is 6.04. The molecular weight excluding hydrogens is 546 g/mol. The molecule has 4 rings (SSSR count). The van der Waals surface area contributed by atoms with Crippen molar-refractivity contribution in [2.75, 3.05) is 4.90 Å². The Hall–Kier alpha value is -2.28. The lowest BCUT2D eigenvalue weighted by Gasteiger charge is -2.23. The number of hydrogen-bond acceptors (Lipinski definition) is 3. The number of ketones is 1. The van der Waals surface area contributed by atoms with Crippen molar-refractivity contribution in [2.24, 2.45) is 0 Å². The summed E-state index contributed by atoms with van der Waals surface area (Å²) in [5.41, 5.74) is 1.63. The first kappa shape index (κ1) is 23.9. The van der Waals surface area contributed by atoms with Gasteiger partial charge < -0.3 is 10.0 Å². The van der Waals surface area contributed by atoms with Crippen molar-refractivity contribution in [1.29, 1.82) is 0 Å². The molecule has 0 aromatic heterocycles. The average Bonchev–Trinajstić information content (AvgIpc) is 2.96. The highest BCUT2D eigenvalue weighted by Gasteiger charge is 2.51. The van der Waals surface area contributed by atoms with Crippen LogP contribution in [-0.4, -0.2) is 16.8 Å². The lowest BCUT2D eigenvalue weighted by molar-refractivity contribution is -0.136. The molecule has 1 N–H and O–H groups in total. The number of aliphatic hydroxyl groups is 1. The first-order chi connectivity index (χ1) is 15.5. The van der Waals surface area contributed by atoms with Crippen LogP contribution in [0.2, 0.25) is 0 Å². The van der Waals surface area contributed by atoms with E-state index in [9.17, 15) is 14.7 Å². The second-order valence-corrected chi connectivity index (χ2v) is 11.3. The molecule has 1 aliphatic rings. The van der Waals surface area contributed by atoms with Crippen molar-refractivity contribution in [2.45, 2.75) is 44.8 Å². The number of hydrogen-bond donors (Lipinski definition) is 1. The highest BCUT2D eigenvalue weighted by Crippen LogP contribution is 2.45. The van der Waals surface area contributed by atoms with E-state index < -0.39 is 11.5 Å². The summed E-state index contributed by atoms with van der Waals surface area (Å²) in [4.78, 5) is 28.2. The fourth-order valence-electron chi connectivity index (χ4n) is 4.11. The number of carbonyl (C=O) groups is 2. The number of amides is 1. The summed E-state index contributed by atoms with van der Waals surface area (Å²) in [6, 6.07) is 20.4. The van der Waals surface area contributed by atoms with Gasteiger partial charge in [0, 0.05) is 20.1 Å². The van der Waals surface area contributed by atoms with Crippen LogP contribution in [0.15, 0.2) is 75.7 Å². The van der Waals surface area contributed by atoms with Crippen LogP contribution in [0.1, 0.15) is 54.2 Å². The molecule has 3 aromatic rings. The van der Waals surface area contributed by atoms with Crippen LogP contribution in [0.3, 0.4) is 0 Å². The van der Waals surface area contributed by atoms with E-state index in [-0.39, 0.29) is 17.6 Å². The highest BCUT2D eigenvalue weighted by molar-refractivity contribution is 9.10. The lowest BCUT2D eigenvalue weighted by atomic mass is 9.85. The molecule has 170 valence electrons. The fraction of sp³-hybridized carbons (Fsp3) is 0.259. The SMILES string of the molecule is CC(C)(C)c1ccc(C(=O)CC2(O)C(=O)N(Cc3ccc(Br)cc3)c3ccc(Br)cc32)cc1. The Balaban J connectivity index is 1.66. The summed E-state index contributed by atoms with van der Waals surface area (Å²) >= 11 is 6.86. The van der Waals surface area contributed by atoms with Crippen molar-refractivity contribution in [3.05, 3.63) is 97.9 Å². The number of halogens is 2. The van der Waals surface area contributed by atoms with E-state index in [0.29, 0.717) is 23.4 Å². The number of anilines is 1. The van der Waals surface area contributed by atoms with Crippen LogP contribution in [0, 0.1) is 0 Å². The van der Waals surface area contributed by atoms with Gasteiger partial charge in [0.1, 0.15) is 0 Å². The molecule has 0 saturated heterocycles. The highest BCUT2D eigenvalue weighted by atomic mass is 79.9. The molecule has 0 fully saturated rings. The molecule has 33 heavy (non-hydrogen) atoms. The molecule has 1 amide bonds. The van der Waals surface area contributed by atoms with Gasteiger partial charge in [0.15, 0.2) is 11.4 Å². The van der Waals surface area contributed by atoms with E-state index in [4.69, 9.17) is 0 Å². The van der Waals surface area contributed by atoms with Crippen LogP contribution in [0.4, 0.5) is 5.69 Å². The van der Waals surface area contributed by atoms with Gasteiger partial charge in [-0.3, -0.25) is 9.59 Å². The van der Waals surface area contributed by atoms with Gasteiger partial charge in [-0.15, -0.1) is 0 Å². The molecule has 0 aliphatic carbocycles. The molecule has 1 aliphatic heterocycles. The Bertz CT molecular complexity index is 1210. The zero-order chi connectivity index (χ0) is 24.0.